The van der Waals surface area contributed by atoms with Crippen molar-refractivity contribution in [2.24, 2.45) is 0 Å². The second-order valence-electron chi connectivity index (χ2n) is 9.55. The molecule has 1 heterocycles. The van der Waals surface area contributed by atoms with Crippen molar-refractivity contribution in [3.63, 3.8) is 0 Å². The molecule has 0 saturated carbocycles. The van der Waals surface area contributed by atoms with Crippen LogP contribution in [-0.4, -0.2) is 0 Å². The van der Waals surface area contributed by atoms with E-state index in [1.165, 1.54) is 32.3 Å². The van der Waals surface area contributed by atoms with Gasteiger partial charge in [0.05, 0.1) is 0 Å². The Morgan fingerprint density at radius 3 is 1.49 bits per heavy atom. The van der Waals surface area contributed by atoms with Gasteiger partial charge in [-0.15, -0.1) is 0 Å². The van der Waals surface area contributed by atoms with Gasteiger partial charge in [-0.05, 0) is 54.6 Å². The summed E-state index contributed by atoms with van der Waals surface area (Å²) in [5, 5.41) is 5.40. The highest BCUT2D eigenvalue weighted by Gasteiger charge is 2.52. The van der Waals surface area contributed by atoms with Gasteiger partial charge >= 0.3 is 0 Å². The highest BCUT2D eigenvalue weighted by molar-refractivity contribution is 8.01. The first-order valence-corrected chi connectivity index (χ1v) is 13.9. The first kappa shape index (κ1) is 21.8. The third-order valence-corrected chi connectivity index (χ3v) is 11.5. The molecule has 2 heteroatoms. The zero-order chi connectivity index (χ0) is 23.9. The average Bonchev–Trinajstić information content (AvgIpc) is 2.91. The second-order valence-corrected chi connectivity index (χ2v) is 12.9. The Kier molecular flexibility index (Phi) is 5.32. The number of hydrogen-bond donors (Lipinski definition) is 0. The standard InChI is InChI=1S/C33H28OP/c1-33(2)28-21-12-13-22-29(28)34-30-23-14-24-31(32(30)33)35(25-15-6-3-7-16-25,26-17-8-4-9-18-26)27-19-10-5-11-20-27/h3-24H,1-2H3/q+1. The van der Waals surface area contributed by atoms with Crippen LogP contribution < -0.4 is 26.0 Å². The Bertz CT molecular complexity index is 1380. The second kappa shape index (κ2) is 8.52. The van der Waals surface area contributed by atoms with Gasteiger partial charge in [0.15, 0.2) is 0 Å². The Balaban J connectivity index is 1.77. The summed E-state index contributed by atoms with van der Waals surface area (Å²) >= 11 is 0. The minimum absolute atomic E-state index is 0.218. The van der Waals surface area contributed by atoms with Gasteiger partial charge in [0.2, 0.25) is 0 Å². The van der Waals surface area contributed by atoms with Gasteiger partial charge in [0.25, 0.3) is 0 Å². The normalized spacial score (nSPS) is 13.9. The van der Waals surface area contributed by atoms with Gasteiger partial charge in [-0.3, -0.25) is 0 Å². The molecule has 0 radical (unpaired) electrons. The molecule has 6 rings (SSSR count). The van der Waals surface area contributed by atoms with E-state index < -0.39 is 7.26 Å². The molecule has 5 aromatic rings. The van der Waals surface area contributed by atoms with E-state index in [-0.39, 0.29) is 5.41 Å². The maximum Gasteiger partial charge on any atom is 0.144 e. The largest absolute Gasteiger partial charge is 0.457 e. The van der Waals surface area contributed by atoms with Crippen molar-refractivity contribution in [1.29, 1.82) is 0 Å². The van der Waals surface area contributed by atoms with E-state index in [9.17, 15) is 0 Å². The van der Waals surface area contributed by atoms with Crippen LogP contribution in [0, 0.1) is 0 Å². The quantitative estimate of drug-likeness (QED) is 0.264. The monoisotopic (exact) mass is 471 g/mol. The topological polar surface area (TPSA) is 9.23 Å². The lowest BCUT2D eigenvalue weighted by molar-refractivity contribution is 0.420. The molecule has 0 fully saturated rings. The lowest BCUT2D eigenvalue weighted by atomic mass is 9.76. The molecular weight excluding hydrogens is 443 g/mol. The number of fused-ring (bicyclic) bond motifs is 2. The summed E-state index contributed by atoms with van der Waals surface area (Å²) in [4.78, 5) is 0. The molecule has 1 aliphatic heterocycles. The van der Waals surface area contributed by atoms with Gasteiger partial charge in [-0.25, -0.2) is 0 Å². The minimum atomic E-state index is -2.24. The summed E-state index contributed by atoms with van der Waals surface area (Å²) in [6.45, 7) is 4.68. The Morgan fingerprint density at radius 2 is 0.943 bits per heavy atom. The molecule has 0 N–H and O–H groups in total. The van der Waals surface area contributed by atoms with Crippen LogP contribution in [0.5, 0.6) is 11.5 Å². The average molecular weight is 472 g/mol. The molecule has 1 aliphatic rings. The first-order valence-electron chi connectivity index (χ1n) is 12.1. The molecule has 0 amide bonds. The zero-order valence-electron chi connectivity index (χ0n) is 20.1. The smallest absolute Gasteiger partial charge is 0.144 e. The lowest BCUT2D eigenvalue weighted by Crippen LogP contribution is -2.43. The van der Waals surface area contributed by atoms with Crippen molar-refractivity contribution in [3.05, 3.63) is 145 Å². The molecule has 0 aromatic heterocycles. The summed E-state index contributed by atoms with van der Waals surface area (Å²) in [6, 6.07) is 48.3. The molecule has 0 unspecified atom stereocenters. The van der Waals surface area contributed by atoms with Crippen LogP contribution in [0.1, 0.15) is 25.0 Å². The van der Waals surface area contributed by atoms with Crippen molar-refractivity contribution in [2.75, 3.05) is 0 Å². The number of rotatable bonds is 4. The van der Waals surface area contributed by atoms with Crippen molar-refractivity contribution in [2.45, 2.75) is 19.3 Å². The minimum Gasteiger partial charge on any atom is -0.457 e. The van der Waals surface area contributed by atoms with Crippen molar-refractivity contribution >= 4 is 28.5 Å². The van der Waals surface area contributed by atoms with Crippen LogP contribution in [0.4, 0.5) is 0 Å². The molecule has 170 valence electrons. The van der Waals surface area contributed by atoms with E-state index in [1.807, 2.05) is 0 Å². The predicted molar refractivity (Wildman–Crippen MR) is 150 cm³/mol. The van der Waals surface area contributed by atoms with Crippen molar-refractivity contribution in [3.8, 4) is 11.5 Å². The van der Waals surface area contributed by atoms with Crippen LogP contribution in [0.2, 0.25) is 0 Å². The number of hydrogen-bond acceptors (Lipinski definition) is 1. The molecule has 0 bridgehead atoms. The fourth-order valence-corrected chi connectivity index (χ4v) is 10.3. The maximum absolute atomic E-state index is 6.57. The summed E-state index contributed by atoms with van der Waals surface area (Å²) < 4.78 is 6.57. The summed E-state index contributed by atoms with van der Waals surface area (Å²) in [5.41, 5.74) is 2.29. The van der Waals surface area contributed by atoms with Crippen molar-refractivity contribution < 1.29 is 4.74 Å². The fourth-order valence-electron chi connectivity index (χ4n) is 5.66. The molecule has 5 aromatic carbocycles. The highest BCUT2D eigenvalue weighted by Crippen LogP contribution is 2.59. The molecule has 35 heavy (non-hydrogen) atoms. The number of ether oxygens (including phenoxy) is 1. The lowest BCUT2D eigenvalue weighted by Gasteiger charge is -2.38. The molecule has 0 atom stereocenters. The summed E-state index contributed by atoms with van der Waals surface area (Å²) in [7, 11) is -2.24. The van der Waals surface area contributed by atoms with Gasteiger partial charge in [-0.1, -0.05) is 92.7 Å². The number of para-hydroxylation sites is 1. The molecule has 0 saturated heterocycles. The Hall–Kier alpha value is -3.67. The maximum atomic E-state index is 6.57. The number of benzene rings is 5. The third-order valence-electron chi connectivity index (χ3n) is 7.20. The predicted octanol–water partition coefficient (Wildman–Crippen LogP) is 6.74. The molecule has 0 spiro atoms. The van der Waals surface area contributed by atoms with Crippen molar-refractivity contribution in [1.82, 2.24) is 0 Å². The van der Waals surface area contributed by atoms with Crippen LogP contribution in [-0.2, 0) is 5.41 Å². The van der Waals surface area contributed by atoms with E-state index in [1.54, 1.807) is 0 Å². The van der Waals surface area contributed by atoms with Gasteiger partial charge in [0.1, 0.15) is 40.0 Å². The zero-order valence-corrected chi connectivity index (χ0v) is 21.0. The van der Waals surface area contributed by atoms with E-state index in [0.717, 1.165) is 11.5 Å². The Labute approximate surface area is 208 Å². The summed E-state index contributed by atoms with van der Waals surface area (Å²) in [5.74, 6) is 1.91. The Morgan fingerprint density at radius 1 is 0.486 bits per heavy atom. The van der Waals surface area contributed by atoms with Gasteiger partial charge < -0.3 is 4.74 Å². The van der Waals surface area contributed by atoms with Crippen LogP contribution in [0.15, 0.2) is 133 Å². The molecule has 0 aliphatic carbocycles. The fraction of sp³-hybridized carbons (Fsp3) is 0.0909. The van der Waals surface area contributed by atoms with Gasteiger partial charge in [0, 0.05) is 16.5 Å². The first-order chi connectivity index (χ1) is 17.1. The van der Waals surface area contributed by atoms with E-state index >= 15 is 0 Å². The third kappa shape index (κ3) is 3.34. The molecular formula is C33H28OP+. The highest BCUT2D eigenvalue weighted by atomic mass is 31.2. The van der Waals surface area contributed by atoms with E-state index in [2.05, 4.69) is 147 Å². The van der Waals surface area contributed by atoms with E-state index in [0.29, 0.717) is 0 Å². The SMILES string of the molecule is CC1(C)c2ccccc2Oc2cccc([P+](c3ccccc3)(c3ccccc3)c3ccccc3)c21. The van der Waals surface area contributed by atoms with Gasteiger partial charge in [-0.2, -0.15) is 0 Å². The van der Waals surface area contributed by atoms with Crippen LogP contribution >= 0.6 is 7.26 Å². The molecule has 1 nitrogen and oxygen atoms in total. The van der Waals surface area contributed by atoms with E-state index in [4.69, 9.17) is 4.74 Å². The van der Waals surface area contributed by atoms with Crippen LogP contribution in [0.3, 0.4) is 0 Å². The summed E-state index contributed by atoms with van der Waals surface area (Å²) in [6.07, 6.45) is 0. The van der Waals surface area contributed by atoms with Crippen LogP contribution in [0.25, 0.3) is 0 Å².